The molecule has 0 aliphatic rings. The van der Waals surface area contributed by atoms with Crippen molar-refractivity contribution in [2.75, 3.05) is 5.75 Å². The minimum absolute atomic E-state index is 0.0494. The summed E-state index contributed by atoms with van der Waals surface area (Å²) < 4.78 is 0. The van der Waals surface area contributed by atoms with Crippen LogP contribution in [0.5, 0.6) is 0 Å². The molecule has 0 aliphatic heterocycles. The van der Waals surface area contributed by atoms with Crippen LogP contribution < -0.4 is 5.32 Å². The number of nitrogens with one attached hydrogen (secondary N) is 2. The zero-order valence-electron chi connectivity index (χ0n) is 16.6. The predicted molar refractivity (Wildman–Crippen MR) is 123 cm³/mol. The van der Waals surface area contributed by atoms with Crippen LogP contribution in [0.1, 0.15) is 29.9 Å². The summed E-state index contributed by atoms with van der Waals surface area (Å²) in [6, 6.07) is 24.3. The molecule has 0 radical (unpaired) electrons. The van der Waals surface area contributed by atoms with Crippen LogP contribution in [0.3, 0.4) is 0 Å². The average Bonchev–Trinajstić information content (AvgIpc) is 3.24. The molecule has 4 rings (SSSR count). The molecule has 4 aromatic rings. The van der Waals surface area contributed by atoms with Crippen molar-refractivity contribution in [3.05, 3.63) is 89.7 Å². The van der Waals surface area contributed by atoms with Gasteiger partial charge in [0.2, 0.25) is 11.1 Å². The number of amides is 1. The first-order valence-electron chi connectivity index (χ1n) is 9.74. The molecule has 2 N–H and O–H groups in total. The summed E-state index contributed by atoms with van der Waals surface area (Å²) in [7, 11) is 0. The smallest absolute Gasteiger partial charge is 0.230 e. The van der Waals surface area contributed by atoms with Gasteiger partial charge in [0.25, 0.3) is 0 Å². The SMILES string of the molecule is CC(NC(=O)CSc1n[nH]c(/C=C/c2ccccc2)n1)c1cccc2ccccc12. The average molecular weight is 415 g/mol. The number of carbonyl (C=O) groups is 1. The molecule has 1 heterocycles. The molecule has 1 atom stereocenters. The van der Waals surface area contributed by atoms with Gasteiger partial charge in [0, 0.05) is 0 Å². The Morgan fingerprint density at radius 2 is 1.80 bits per heavy atom. The summed E-state index contributed by atoms with van der Waals surface area (Å²) in [4.78, 5) is 16.8. The fraction of sp³-hybridized carbons (Fsp3) is 0.125. The number of fused-ring (bicyclic) bond motifs is 1. The normalized spacial score (nSPS) is 12.3. The van der Waals surface area contributed by atoms with Crippen molar-refractivity contribution in [1.29, 1.82) is 0 Å². The van der Waals surface area contributed by atoms with Gasteiger partial charge >= 0.3 is 0 Å². The number of carbonyl (C=O) groups excluding carboxylic acids is 1. The summed E-state index contributed by atoms with van der Waals surface area (Å²) in [5, 5.41) is 13.0. The third kappa shape index (κ3) is 4.96. The van der Waals surface area contributed by atoms with Crippen molar-refractivity contribution in [1.82, 2.24) is 20.5 Å². The summed E-state index contributed by atoms with van der Waals surface area (Å²) >= 11 is 1.31. The largest absolute Gasteiger partial charge is 0.349 e. The lowest BCUT2D eigenvalue weighted by molar-refractivity contribution is -0.119. The molecule has 0 bridgehead atoms. The Bertz CT molecular complexity index is 1160. The van der Waals surface area contributed by atoms with Crippen molar-refractivity contribution in [3.63, 3.8) is 0 Å². The lowest BCUT2D eigenvalue weighted by atomic mass is 10.00. The van der Waals surface area contributed by atoms with Gasteiger partial charge in [-0.15, -0.1) is 5.10 Å². The van der Waals surface area contributed by atoms with E-state index in [0.29, 0.717) is 11.0 Å². The molecule has 0 saturated heterocycles. The highest BCUT2D eigenvalue weighted by Gasteiger charge is 2.13. The molecular formula is C24H22N4OS. The molecule has 0 saturated carbocycles. The Hall–Kier alpha value is -3.38. The van der Waals surface area contributed by atoms with Crippen molar-refractivity contribution >= 4 is 40.6 Å². The molecule has 3 aromatic carbocycles. The first kappa shape index (κ1) is 19.9. The predicted octanol–water partition coefficient (Wildman–Crippen LogP) is 5.10. The molecule has 0 spiro atoms. The Kier molecular flexibility index (Phi) is 6.25. The molecule has 5 nitrogen and oxygen atoms in total. The van der Waals surface area contributed by atoms with Gasteiger partial charge in [-0.25, -0.2) is 4.98 Å². The zero-order valence-corrected chi connectivity index (χ0v) is 17.4. The quantitative estimate of drug-likeness (QED) is 0.413. The van der Waals surface area contributed by atoms with E-state index in [0.717, 1.165) is 16.5 Å². The van der Waals surface area contributed by atoms with E-state index in [1.54, 1.807) is 0 Å². The van der Waals surface area contributed by atoms with Crippen LogP contribution in [-0.4, -0.2) is 26.8 Å². The summed E-state index contributed by atoms with van der Waals surface area (Å²) in [6.07, 6.45) is 3.84. The first-order chi connectivity index (χ1) is 14.7. The number of thioether (sulfide) groups is 1. The molecule has 0 aliphatic carbocycles. The second kappa shape index (κ2) is 9.41. The van der Waals surface area contributed by atoms with E-state index >= 15 is 0 Å². The maximum atomic E-state index is 12.4. The molecule has 0 fully saturated rings. The summed E-state index contributed by atoms with van der Waals surface area (Å²) in [5.74, 6) is 0.868. The van der Waals surface area contributed by atoms with Crippen LogP contribution in [-0.2, 0) is 4.79 Å². The molecule has 6 heteroatoms. The van der Waals surface area contributed by atoms with Gasteiger partial charge in [0.15, 0.2) is 0 Å². The number of aromatic amines is 1. The highest BCUT2D eigenvalue weighted by Crippen LogP contribution is 2.24. The maximum Gasteiger partial charge on any atom is 0.230 e. The second-order valence-corrected chi connectivity index (χ2v) is 7.84. The van der Waals surface area contributed by atoms with Crippen LogP contribution in [0.15, 0.2) is 78.0 Å². The zero-order chi connectivity index (χ0) is 20.8. The Labute approximate surface area is 179 Å². The summed E-state index contributed by atoms with van der Waals surface area (Å²) in [5.41, 5.74) is 2.20. The number of nitrogens with zero attached hydrogens (tertiary/aromatic N) is 2. The Morgan fingerprint density at radius 3 is 2.67 bits per heavy atom. The van der Waals surface area contributed by atoms with Crippen molar-refractivity contribution in [2.24, 2.45) is 0 Å². The van der Waals surface area contributed by atoms with E-state index < -0.39 is 0 Å². The molecule has 30 heavy (non-hydrogen) atoms. The van der Waals surface area contributed by atoms with E-state index in [4.69, 9.17) is 0 Å². The molecular weight excluding hydrogens is 392 g/mol. The highest BCUT2D eigenvalue weighted by atomic mass is 32.2. The van der Waals surface area contributed by atoms with Gasteiger partial charge in [0.05, 0.1) is 11.8 Å². The Morgan fingerprint density at radius 1 is 1.03 bits per heavy atom. The number of aromatic nitrogens is 3. The monoisotopic (exact) mass is 414 g/mol. The Balaban J connectivity index is 1.33. The lowest BCUT2D eigenvalue weighted by Crippen LogP contribution is -2.28. The highest BCUT2D eigenvalue weighted by molar-refractivity contribution is 7.99. The van der Waals surface area contributed by atoms with Gasteiger partial charge < -0.3 is 5.32 Å². The maximum absolute atomic E-state index is 12.4. The minimum atomic E-state index is -0.0827. The number of hydrogen-bond donors (Lipinski definition) is 2. The molecule has 150 valence electrons. The van der Waals surface area contributed by atoms with E-state index in [1.165, 1.54) is 17.1 Å². The van der Waals surface area contributed by atoms with E-state index in [-0.39, 0.29) is 17.7 Å². The number of H-pyrrole nitrogens is 1. The second-order valence-electron chi connectivity index (χ2n) is 6.89. The minimum Gasteiger partial charge on any atom is -0.349 e. The number of rotatable bonds is 7. The van der Waals surface area contributed by atoms with Gasteiger partial charge in [-0.1, -0.05) is 90.6 Å². The van der Waals surface area contributed by atoms with Crippen LogP contribution in [0, 0.1) is 0 Å². The standard InChI is InChI=1S/C24H22N4OS/c1-17(20-13-7-11-19-10-5-6-12-21(19)20)25-23(29)16-30-24-26-22(27-28-24)15-14-18-8-3-2-4-9-18/h2-15,17H,16H2,1H3,(H,25,29)(H,26,27,28)/b15-14+. The van der Waals surface area contributed by atoms with Crippen LogP contribution in [0.25, 0.3) is 22.9 Å². The lowest BCUT2D eigenvalue weighted by Gasteiger charge is -2.16. The number of benzene rings is 3. The van der Waals surface area contributed by atoms with Gasteiger partial charge in [-0.05, 0) is 34.9 Å². The molecule has 1 unspecified atom stereocenters. The van der Waals surface area contributed by atoms with E-state index in [1.807, 2.05) is 67.6 Å². The van der Waals surface area contributed by atoms with Crippen LogP contribution in [0.2, 0.25) is 0 Å². The van der Waals surface area contributed by atoms with Gasteiger partial charge in [-0.3, -0.25) is 9.89 Å². The first-order valence-corrected chi connectivity index (χ1v) is 10.7. The number of hydrogen-bond acceptors (Lipinski definition) is 4. The third-order valence-electron chi connectivity index (χ3n) is 4.72. The van der Waals surface area contributed by atoms with E-state index in [2.05, 4.69) is 44.8 Å². The van der Waals surface area contributed by atoms with E-state index in [9.17, 15) is 4.79 Å². The summed E-state index contributed by atoms with van der Waals surface area (Å²) in [6.45, 7) is 2.00. The topological polar surface area (TPSA) is 70.7 Å². The molecule has 1 aromatic heterocycles. The fourth-order valence-corrected chi connectivity index (χ4v) is 3.87. The van der Waals surface area contributed by atoms with Gasteiger partial charge in [-0.2, -0.15) is 0 Å². The third-order valence-corrected chi connectivity index (χ3v) is 5.56. The molecule has 1 amide bonds. The fourth-order valence-electron chi connectivity index (χ4n) is 3.26. The van der Waals surface area contributed by atoms with Crippen LogP contribution >= 0.6 is 11.8 Å². The van der Waals surface area contributed by atoms with Crippen molar-refractivity contribution in [2.45, 2.75) is 18.1 Å². The van der Waals surface area contributed by atoms with Crippen molar-refractivity contribution in [3.8, 4) is 0 Å². The van der Waals surface area contributed by atoms with Crippen molar-refractivity contribution < 1.29 is 4.79 Å². The van der Waals surface area contributed by atoms with Crippen LogP contribution in [0.4, 0.5) is 0 Å². The van der Waals surface area contributed by atoms with Gasteiger partial charge in [0.1, 0.15) is 5.82 Å².